The molecule has 0 aromatic carbocycles. The molecule has 0 radical (unpaired) electrons. The first kappa shape index (κ1) is 18.0. The Morgan fingerprint density at radius 2 is 2.25 bits per heavy atom. The average Bonchev–Trinajstić information content (AvgIpc) is 2.25. The van der Waals surface area contributed by atoms with Crippen molar-refractivity contribution in [3.05, 3.63) is 12.2 Å². The molecule has 0 bridgehead atoms. The Balaban J connectivity index is 2.37. The second-order valence-electron chi connectivity index (χ2n) is 5.08. The maximum Gasteiger partial charge on any atom is 0.380 e. The number of hydrogen-bond acceptors (Lipinski definition) is 5. The zero-order valence-corrected chi connectivity index (χ0v) is 13.5. The minimum absolute atomic E-state index is 0.00959. The SMILES string of the molecule is C=C1C[C@H](C[C@@H](O)CC(=O)O)O[C@@H](CCOB(P)S)C1. The van der Waals surface area contributed by atoms with Crippen molar-refractivity contribution >= 4 is 33.5 Å². The molecule has 1 saturated heterocycles. The van der Waals surface area contributed by atoms with Crippen LogP contribution >= 0.6 is 21.6 Å². The van der Waals surface area contributed by atoms with Gasteiger partial charge in [-0.1, -0.05) is 12.2 Å². The van der Waals surface area contributed by atoms with Crippen LogP contribution in [0.25, 0.3) is 0 Å². The van der Waals surface area contributed by atoms with Crippen molar-refractivity contribution in [1.29, 1.82) is 0 Å². The van der Waals surface area contributed by atoms with Crippen molar-refractivity contribution in [2.24, 2.45) is 0 Å². The first-order valence-electron chi connectivity index (χ1n) is 6.64. The van der Waals surface area contributed by atoms with Crippen LogP contribution in [0, 0.1) is 0 Å². The molecule has 20 heavy (non-hydrogen) atoms. The highest BCUT2D eigenvalue weighted by Gasteiger charge is 2.27. The summed E-state index contributed by atoms with van der Waals surface area (Å²) in [4.78, 5) is 10.5. The molecule has 0 aliphatic carbocycles. The molecule has 2 N–H and O–H groups in total. The molecule has 1 heterocycles. The standard InChI is InChI=1S/C12H22BO5PS/c1-8-4-10(2-3-17-13(19)20)18-11(5-8)6-9(14)7-12(15)16/h9-11,14,20H,1-7,19H2,(H,15,16)/t9-,10+,11-/m1/s1. The molecule has 0 saturated carbocycles. The smallest absolute Gasteiger partial charge is 0.380 e. The topological polar surface area (TPSA) is 76.0 Å². The van der Waals surface area contributed by atoms with Crippen LogP contribution in [-0.2, 0) is 14.2 Å². The van der Waals surface area contributed by atoms with Gasteiger partial charge >= 0.3 is 11.9 Å². The van der Waals surface area contributed by atoms with E-state index in [1.54, 1.807) is 0 Å². The van der Waals surface area contributed by atoms with E-state index in [0.29, 0.717) is 19.4 Å². The van der Waals surface area contributed by atoms with Crippen LogP contribution in [-0.4, -0.2) is 47.0 Å². The van der Waals surface area contributed by atoms with Gasteiger partial charge in [0.2, 0.25) is 0 Å². The largest absolute Gasteiger partial charge is 0.481 e. The van der Waals surface area contributed by atoms with Crippen molar-refractivity contribution in [1.82, 2.24) is 0 Å². The molecule has 1 aliphatic rings. The van der Waals surface area contributed by atoms with Gasteiger partial charge in [0.25, 0.3) is 0 Å². The highest BCUT2D eigenvalue weighted by molar-refractivity contribution is 8.23. The molecule has 0 spiro atoms. The van der Waals surface area contributed by atoms with E-state index in [4.69, 9.17) is 14.5 Å². The van der Waals surface area contributed by atoms with Crippen molar-refractivity contribution in [2.45, 2.75) is 50.4 Å². The van der Waals surface area contributed by atoms with E-state index in [-0.39, 0.29) is 24.5 Å². The predicted octanol–water partition coefficient (Wildman–Crippen LogP) is 1.51. The predicted molar refractivity (Wildman–Crippen MR) is 84.9 cm³/mol. The first-order valence-corrected chi connectivity index (χ1v) is 7.82. The molecule has 8 heteroatoms. The minimum Gasteiger partial charge on any atom is -0.481 e. The van der Waals surface area contributed by atoms with Crippen molar-refractivity contribution in [2.75, 3.05) is 6.61 Å². The fraction of sp³-hybridized carbons (Fsp3) is 0.750. The summed E-state index contributed by atoms with van der Waals surface area (Å²) in [6.07, 6.45) is 1.21. The maximum atomic E-state index is 10.5. The van der Waals surface area contributed by atoms with Gasteiger partial charge in [-0.3, -0.25) is 4.79 Å². The van der Waals surface area contributed by atoms with E-state index in [0.717, 1.165) is 18.4 Å². The maximum absolute atomic E-state index is 10.5. The summed E-state index contributed by atoms with van der Waals surface area (Å²) in [5.41, 5.74) is 1.07. The average molecular weight is 320 g/mol. The molecule has 0 aromatic rings. The Morgan fingerprint density at radius 1 is 1.60 bits per heavy atom. The van der Waals surface area contributed by atoms with Crippen LogP contribution in [0.5, 0.6) is 0 Å². The number of carboxylic acids is 1. The first-order chi connectivity index (χ1) is 9.36. The van der Waals surface area contributed by atoms with Crippen LogP contribution in [0.2, 0.25) is 0 Å². The summed E-state index contributed by atoms with van der Waals surface area (Å²) in [6.45, 7) is 4.53. The van der Waals surface area contributed by atoms with Crippen molar-refractivity contribution in [3.8, 4) is 0 Å². The van der Waals surface area contributed by atoms with E-state index in [1.807, 2.05) is 0 Å². The molecule has 0 amide bonds. The summed E-state index contributed by atoms with van der Waals surface area (Å²) in [7, 11) is 2.44. The van der Waals surface area contributed by atoms with Gasteiger partial charge in [-0.25, -0.2) is 0 Å². The lowest BCUT2D eigenvalue weighted by molar-refractivity contribution is -0.140. The molecular formula is C12H22BO5PS. The third-order valence-electron chi connectivity index (χ3n) is 3.09. The zero-order chi connectivity index (χ0) is 15.1. The quantitative estimate of drug-likeness (QED) is 0.274. The monoisotopic (exact) mass is 320 g/mol. The van der Waals surface area contributed by atoms with Crippen LogP contribution < -0.4 is 0 Å². The highest BCUT2D eigenvalue weighted by atomic mass is 32.1. The van der Waals surface area contributed by atoms with Gasteiger partial charge in [-0.15, -0.1) is 9.12 Å². The highest BCUT2D eigenvalue weighted by Crippen LogP contribution is 2.28. The van der Waals surface area contributed by atoms with Crippen molar-refractivity contribution in [3.63, 3.8) is 0 Å². The third kappa shape index (κ3) is 7.65. The van der Waals surface area contributed by atoms with Gasteiger partial charge in [-0.2, -0.15) is 12.5 Å². The number of carbonyl (C=O) groups is 1. The van der Waals surface area contributed by atoms with E-state index in [1.165, 1.54) is 0 Å². The number of hydrogen-bond donors (Lipinski definition) is 3. The fourth-order valence-electron chi connectivity index (χ4n) is 2.31. The van der Waals surface area contributed by atoms with Gasteiger partial charge in [0.15, 0.2) is 0 Å². The number of thiol groups is 1. The number of aliphatic hydroxyl groups is 1. The Labute approximate surface area is 127 Å². The Kier molecular flexibility index (Phi) is 8.14. The lowest BCUT2D eigenvalue weighted by Crippen LogP contribution is -2.33. The molecule has 1 fully saturated rings. The molecule has 1 rings (SSSR count). The van der Waals surface area contributed by atoms with Crippen molar-refractivity contribution < 1.29 is 24.4 Å². The number of aliphatic carboxylic acids is 1. The van der Waals surface area contributed by atoms with Crippen LogP contribution in [0.4, 0.5) is 0 Å². The van der Waals surface area contributed by atoms with Gasteiger partial charge in [0, 0.05) is 13.0 Å². The second kappa shape index (κ2) is 9.06. The lowest BCUT2D eigenvalue weighted by atomic mass is 9.94. The van der Waals surface area contributed by atoms with Crippen LogP contribution in [0.1, 0.15) is 32.1 Å². The molecular weight excluding hydrogens is 298 g/mol. The molecule has 5 nitrogen and oxygen atoms in total. The Hall–Kier alpha value is -0.0651. The van der Waals surface area contributed by atoms with Crippen LogP contribution in [0.3, 0.4) is 0 Å². The van der Waals surface area contributed by atoms with E-state index < -0.39 is 12.1 Å². The summed E-state index contributed by atoms with van der Waals surface area (Å²) < 4.78 is 11.2. The van der Waals surface area contributed by atoms with Crippen LogP contribution in [0.15, 0.2) is 12.2 Å². The fourth-order valence-corrected chi connectivity index (χ4v) is 2.55. The molecule has 1 aliphatic heterocycles. The number of aliphatic hydroxyl groups excluding tert-OH is 1. The third-order valence-corrected chi connectivity index (χ3v) is 3.43. The van der Waals surface area contributed by atoms with E-state index in [2.05, 4.69) is 28.2 Å². The lowest BCUT2D eigenvalue weighted by Gasteiger charge is -2.32. The second-order valence-corrected chi connectivity index (χ2v) is 6.75. The van der Waals surface area contributed by atoms with E-state index in [9.17, 15) is 9.90 Å². The summed E-state index contributed by atoms with van der Waals surface area (Å²) in [5.74, 6) is -1.19. The molecule has 0 aromatic heterocycles. The Morgan fingerprint density at radius 3 is 2.85 bits per heavy atom. The molecule has 114 valence electrons. The minimum atomic E-state index is -1.00. The number of ether oxygens (including phenoxy) is 1. The van der Waals surface area contributed by atoms with Gasteiger partial charge in [0.1, 0.15) is 0 Å². The van der Waals surface area contributed by atoms with Gasteiger partial charge in [-0.05, 0) is 19.3 Å². The summed E-state index contributed by atoms with van der Waals surface area (Å²) in [6, 6.07) is 0. The number of carboxylic acid groups (broad SMARTS) is 1. The zero-order valence-electron chi connectivity index (χ0n) is 11.4. The number of rotatable bonds is 8. The van der Waals surface area contributed by atoms with E-state index >= 15 is 0 Å². The summed E-state index contributed by atoms with van der Waals surface area (Å²) >= 11 is 4.10. The van der Waals surface area contributed by atoms with Gasteiger partial charge in [0.05, 0.1) is 24.7 Å². The Bertz CT molecular complexity index is 342. The molecule has 1 unspecified atom stereocenters. The van der Waals surface area contributed by atoms with Gasteiger partial charge < -0.3 is 19.6 Å². The normalized spacial score (nSPS) is 24.4. The molecule has 4 atom stereocenters. The summed E-state index contributed by atoms with van der Waals surface area (Å²) in [5, 5.41) is 18.3.